The molecule has 0 fully saturated rings. The molecule has 1 aliphatic heterocycles. The monoisotopic (exact) mass is 266 g/mol. The normalized spacial score (nSPS) is 20.1. The second kappa shape index (κ2) is 5.37. The molecular weight excluding hydrogens is 246 g/mol. The molecule has 2 aromatic rings. The summed E-state index contributed by atoms with van der Waals surface area (Å²) in [6.45, 7) is 2.22. The van der Waals surface area contributed by atoms with Crippen LogP contribution in [0.15, 0.2) is 54.6 Å². The van der Waals surface area contributed by atoms with Gasteiger partial charge in [0.15, 0.2) is 0 Å². The average molecular weight is 266 g/mol. The summed E-state index contributed by atoms with van der Waals surface area (Å²) < 4.78 is 2.20. The molecule has 0 spiro atoms. The number of nitrogens with two attached hydrogens (primary N) is 1. The Balaban J connectivity index is 2.00. The van der Waals surface area contributed by atoms with Gasteiger partial charge in [-0.2, -0.15) is 0 Å². The number of rotatable bonds is 1. The van der Waals surface area contributed by atoms with Gasteiger partial charge in [0.1, 0.15) is 5.69 Å². The highest BCUT2D eigenvalue weighted by atomic mass is 15.2. The van der Waals surface area contributed by atoms with Crippen LogP contribution in [0.4, 0.5) is 11.4 Å². The second-order valence-corrected chi connectivity index (χ2v) is 5.26. The molecule has 102 valence electrons. The Morgan fingerprint density at radius 1 is 1.10 bits per heavy atom. The Morgan fingerprint density at radius 2 is 1.80 bits per heavy atom. The Bertz CT molecular complexity index is 632. The predicted octanol–water partition coefficient (Wildman–Crippen LogP) is 3.09. The molecule has 3 heteroatoms. The number of nitrogens with zero attached hydrogens (tertiary/aromatic N) is 1. The van der Waals surface area contributed by atoms with Crippen LogP contribution < -0.4 is 11.1 Å². The van der Waals surface area contributed by atoms with E-state index in [1.165, 1.54) is 11.3 Å². The minimum Gasteiger partial charge on any atom is -0.290 e. The largest absolute Gasteiger partial charge is 0.353 e. The molecular formula is C17H20N3+. The third-order valence-electron chi connectivity index (χ3n) is 3.83. The van der Waals surface area contributed by atoms with E-state index in [-0.39, 0.29) is 0 Å². The van der Waals surface area contributed by atoms with Crippen LogP contribution in [0.1, 0.15) is 18.9 Å². The van der Waals surface area contributed by atoms with Crippen molar-refractivity contribution in [3.8, 4) is 0 Å². The number of hydrogen-bond donors (Lipinski definition) is 2. The lowest BCUT2D eigenvalue weighted by Crippen LogP contribution is -2.39. The lowest BCUT2D eigenvalue weighted by Gasteiger charge is -2.25. The molecule has 0 saturated heterocycles. The van der Waals surface area contributed by atoms with Crippen molar-refractivity contribution in [2.75, 3.05) is 5.32 Å². The summed E-state index contributed by atoms with van der Waals surface area (Å²) in [5.41, 5.74) is 9.91. The topological polar surface area (TPSA) is 41.1 Å². The molecule has 1 unspecified atom stereocenters. The maximum atomic E-state index is 6.32. The summed E-state index contributed by atoms with van der Waals surface area (Å²) in [6.07, 6.45) is 2.24. The minimum atomic E-state index is 0.404. The van der Waals surface area contributed by atoms with Crippen LogP contribution in [-0.2, 0) is 6.42 Å². The quantitative estimate of drug-likeness (QED) is 0.615. The van der Waals surface area contributed by atoms with Crippen molar-refractivity contribution in [1.29, 1.82) is 0 Å². The molecule has 3 N–H and O–H groups in total. The number of anilines is 1. The van der Waals surface area contributed by atoms with E-state index >= 15 is 0 Å². The lowest BCUT2D eigenvalue weighted by atomic mass is 9.98. The lowest BCUT2D eigenvalue weighted by molar-refractivity contribution is -0.487. The van der Waals surface area contributed by atoms with Crippen LogP contribution in [0.25, 0.3) is 0 Å². The van der Waals surface area contributed by atoms with E-state index in [0.29, 0.717) is 12.0 Å². The van der Waals surface area contributed by atoms with Crippen molar-refractivity contribution >= 4 is 17.3 Å². The highest BCUT2D eigenvalue weighted by molar-refractivity contribution is 5.89. The molecule has 2 aromatic carbocycles. The van der Waals surface area contributed by atoms with E-state index in [1.54, 1.807) is 0 Å². The third-order valence-corrected chi connectivity index (χ3v) is 3.83. The van der Waals surface area contributed by atoms with Crippen LogP contribution in [0, 0.1) is 0 Å². The van der Waals surface area contributed by atoms with Gasteiger partial charge in [-0.25, -0.2) is 9.89 Å². The van der Waals surface area contributed by atoms with Crippen LogP contribution in [0.3, 0.4) is 0 Å². The van der Waals surface area contributed by atoms with E-state index in [4.69, 9.17) is 5.73 Å². The van der Waals surface area contributed by atoms with Gasteiger partial charge >= 0.3 is 5.96 Å². The Kier molecular flexibility index (Phi) is 3.42. The number of benzene rings is 2. The van der Waals surface area contributed by atoms with Crippen LogP contribution in [-0.4, -0.2) is 16.6 Å². The fourth-order valence-electron chi connectivity index (χ4n) is 2.78. The molecule has 3 nitrogen and oxygen atoms in total. The first-order valence-electron chi connectivity index (χ1n) is 7.07. The predicted molar refractivity (Wildman–Crippen MR) is 83.4 cm³/mol. The molecule has 0 amide bonds. The van der Waals surface area contributed by atoms with Gasteiger partial charge in [0.2, 0.25) is 0 Å². The molecule has 0 bridgehead atoms. The van der Waals surface area contributed by atoms with E-state index in [9.17, 15) is 0 Å². The zero-order chi connectivity index (χ0) is 13.9. The maximum absolute atomic E-state index is 6.32. The van der Waals surface area contributed by atoms with Crippen LogP contribution in [0.5, 0.6) is 0 Å². The fraction of sp³-hybridized carbons (Fsp3) is 0.235. The molecule has 1 atom stereocenters. The van der Waals surface area contributed by atoms with Gasteiger partial charge in [-0.1, -0.05) is 36.4 Å². The number of nitrogens with one attached hydrogen (secondary N) is 1. The van der Waals surface area contributed by atoms with Gasteiger partial charge in [0.25, 0.3) is 0 Å². The molecule has 1 aliphatic rings. The first kappa shape index (κ1) is 12.7. The molecule has 20 heavy (non-hydrogen) atoms. The number of para-hydroxylation sites is 2. The van der Waals surface area contributed by atoms with Gasteiger partial charge in [-0.3, -0.25) is 5.73 Å². The van der Waals surface area contributed by atoms with Gasteiger partial charge in [0, 0.05) is 0 Å². The summed E-state index contributed by atoms with van der Waals surface area (Å²) in [7, 11) is 0. The van der Waals surface area contributed by atoms with Gasteiger partial charge in [0.05, 0.1) is 11.7 Å². The van der Waals surface area contributed by atoms with Crippen LogP contribution in [0.2, 0.25) is 0 Å². The van der Waals surface area contributed by atoms with Crippen LogP contribution >= 0.6 is 0 Å². The van der Waals surface area contributed by atoms with Gasteiger partial charge < -0.3 is 0 Å². The SMILES string of the molecule is CC1CCc2ccccc2[N+]1=C(N)Nc1ccccc1. The highest BCUT2D eigenvalue weighted by Gasteiger charge is 2.25. The molecule has 0 aromatic heterocycles. The minimum absolute atomic E-state index is 0.404. The van der Waals surface area contributed by atoms with Gasteiger partial charge in [-0.05, 0) is 43.5 Å². The first-order chi connectivity index (χ1) is 9.75. The van der Waals surface area contributed by atoms with E-state index in [0.717, 1.165) is 18.5 Å². The van der Waals surface area contributed by atoms with Crippen molar-refractivity contribution < 1.29 is 4.58 Å². The highest BCUT2D eigenvalue weighted by Crippen LogP contribution is 2.28. The van der Waals surface area contributed by atoms with E-state index in [2.05, 4.69) is 41.1 Å². The number of aryl methyl sites for hydroxylation is 1. The van der Waals surface area contributed by atoms with E-state index in [1.807, 2.05) is 30.3 Å². The van der Waals surface area contributed by atoms with Crippen molar-refractivity contribution in [3.05, 3.63) is 60.2 Å². The smallest absolute Gasteiger partial charge is 0.290 e. The summed E-state index contributed by atoms with van der Waals surface area (Å²) in [5.74, 6) is 0.691. The van der Waals surface area contributed by atoms with Crippen molar-refractivity contribution in [2.24, 2.45) is 5.73 Å². The molecule has 0 radical (unpaired) electrons. The van der Waals surface area contributed by atoms with Crippen molar-refractivity contribution in [2.45, 2.75) is 25.8 Å². The summed E-state index contributed by atoms with van der Waals surface area (Å²) in [5, 5.41) is 3.30. The average Bonchev–Trinajstić information content (AvgIpc) is 2.48. The molecule has 0 aliphatic carbocycles. The maximum Gasteiger partial charge on any atom is 0.353 e. The zero-order valence-electron chi connectivity index (χ0n) is 11.7. The number of guanidine groups is 1. The number of fused-ring (bicyclic) bond motifs is 1. The molecule has 3 rings (SSSR count). The Labute approximate surface area is 119 Å². The third kappa shape index (κ3) is 2.39. The van der Waals surface area contributed by atoms with Crippen molar-refractivity contribution in [3.63, 3.8) is 0 Å². The number of hydrogen-bond acceptors (Lipinski definition) is 0. The first-order valence-corrected chi connectivity index (χ1v) is 7.07. The summed E-state index contributed by atoms with van der Waals surface area (Å²) >= 11 is 0. The summed E-state index contributed by atoms with van der Waals surface area (Å²) in [6, 6.07) is 18.9. The molecule has 0 saturated carbocycles. The Morgan fingerprint density at radius 3 is 2.60 bits per heavy atom. The molecule has 1 heterocycles. The second-order valence-electron chi connectivity index (χ2n) is 5.26. The summed E-state index contributed by atoms with van der Waals surface area (Å²) in [4.78, 5) is 0. The fourth-order valence-corrected chi connectivity index (χ4v) is 2.78. The van der Waals surface area contributed by atoms with E-state index < -0.39 is 0 Å². The zero-order valence-corrected chi connectivity index (χ0v) is 11.7. The standard InChI is InChI=1S/C17H19N3/c1-13-11-12-14-7-5-6-10-16(14)20(13)17(18)19-15-8-3-2-4-9-15/h2-10,13H,11-12H2,1H3,(H2,18,19)/p+1. The van der Waals surface area contributed by atoms with Gasteiger partial charge in [-0.15, -0.1) is 0 Å². The Hall–Kier alpha value is -2.29. The van der Waals surface area contributed by atoms with Crippen molar-refractivity contribution in [1.82, 2.24) is 0 Å².